The first kappa shape index (κ1) is 16.6. The van der Waals surface area contributed by atoms with E-state index < -0.39 is 10.1 Å². The average molecular weight is 327 g/mol. The number of hydrogen-bond donors (Lipinski definition) is 1. The lowest BCUT2D eigenvalue weighted by Gasteiger charge is -2.24. The molecular weight excluding hydrogens is 306 g/mol. The van der Waals surface area contributed by atoms with Crippen LogP contribution in [0.25, 0.3) is 11.0 Å². The number of nitrogens with zero attached hydrogens (tertiary/aromatic N) is 3. The second-order valence-electron chi connectivity index (χ2n) is 5.16. The van der Waals surface area contributed by atoms with Crippen molar-refractivity contribution >= 4 is 27.1 Å². The highest BCUT2D eigenvalue weighted by Gasteiger charge is 2.18. The zero-order valence-corrected chi connectivity index (χ0v) is 13.8. The number of rotatable bonds is 2. The van der Waals surface area contributed by atoms with E-state index in [1.807, 2.05) is 19.1 Å². The Morgan fingerprint density at radius 3 is 2.68 bits per heavy atom. The van der Waals surface area contributed by atoms with Gasteiger partial charge in [0.25, 0.3) is 10.1 Å². The molecule has 0 atom stereocenters. The second kappa shape index (κ2) is 6.53. The molecule has 1 N–H and O–H groups in total. The summed E-state index contributed by atoms with van der Waals surface area (Å²) in [5.74, 6) is 1.97. The van der Waals surface area contributed by atoms with Gasteiger partial charge in [0.2, 0.25) is 5.95 Å². The Kier molecular flexibility index (Phi) is 4.92. The van der Waals surface area contributed by atoms with Crippen molar-refractivity contribution in [1.29, 1.82) is 0 Å². The van der Waals surface area contributed by atoms with Crippen LogP contribution < -0.4 is 9.64 Å². The first-order chi connectivity index (χ1) is 10.3. The molecule has 122 valence electrons. The van der Waals surface area contributed by atoms with Gasteiger partial charge in [-0.05, 0) is 25.5 Å². The van der Waals surface area contributed by atoms with Crippen LogP contribution in [0.1, 0.15) is 13.3 Å². The molecule has 2 heterocycles. The molecule has 7 nitrogen and oxygen atoms in total. The monoisotopic (exact) mass is 327 g/mol. The molecule has 0 fully saturated rings. The molecule has 1 aromatic carbocycles. The van der Waals surface area contributed by atoms with Crippen LogP contribution in [0.2, 0.25) is 0 Å². The normalized spacial score (nSPS) is 14.3. The van der Waals surface area contributed by atoms with Gasteiger partial charge in [0, 0.05) is 26.2 Å². The van der Waals surface area contributed by atoms with Gasteiger partial charge in [-0.3, -0.25) is 4.55 Å². The fraction of sp³-hybridized carbons (Fsp3) is 0.500. The van der Waals surface area contributed by atoms with Crippen LogP contribution in [-0.2, 0) is 16.7 Å². The quantitative estimate of drug-likeness (QED) is 0.846. The molecular formula is C14H21N3O4S. The molecule has 22 heavy (non-hydrogen) atoms. The van der Waals surface area contributed by atoms with Gasteiger partial charge in [0.1, 0.15) is 5.75 Å². The van der Waals surface area contributed by atoms with Crippen LogP contribution in [0.15, 0.2) is 18.2 Å². The number of ether oxygens (including phenoxy) is 1. The highest BCUT2D eigenvalue weighted by atomic mass is 32.2. The summed E-state index contributed by atoms with van der Waals surface area (Å²) in [5, 5.41) is 0. The maximum atomic E-state index is 9.19. The summed E-state index contributed by atoms with van der Waals surface area (Å²) in [6.07, 6.45) is 1.90. The van der Waals surface area contributed by atoms with Crippen molar-refractivity contribution < 1.29 is 17.7 Å². The third-order valence-corrected chi connectivity index (χ3v) is 3.23. The van der Waals surface area contributed by atoms with Gasteiger partial charge in [-0.1, -0.05) is 0 Å². The molecule has 1 aliphatic heterocycles. The first-order valence-electron chi connectivity index (χ1n) is 7.06. The fourth-order valence-electron chi connectivity index (χ4n) is 2.43. The highest BCUT2D eigenvalue weighted by molar-refractivity contribution is 7.85. The van der Waals surface area contributed by atoms with E-state index in [0.717, 1.165) is 30.3 Å². The Hall–Kier alpha value is -1.80. The van der Waals surface area contributed by atoms with E-state index in [2.05, 4.69) is 27.6 Å². The molecule has 0 aliphatic carbocycles. The fourth-order valence-corrected chi connectivity index (χ4v) is 2.43. The van der Waals surface area contributed by atoms with Crippen LogP contribution in [0.3, 0.4) is 0 Å². The van der Waals surface area contributed by atoms with E-state index in [4.69, 9.17) is 9.29 Å². The number of imidazole rings is 1. The average Bonchev–Trinajstić information content (AvgIpc) is 2.77. The van der Waals surface area contributed by atoms with E-state index in [-0.39, 0.29) is 0 Å². The van der Waals surface area contributed by atoms with Gasteiger partial charge in [-0.25, -0.2) is 4.98 Å². The molecule has 0 amide bonds. The minimum atomic E-state index is -3.67. The molecule has 0 spiro atoms. The van der Waals surface area contributed by atoms with Crippen LogP contribution in [0.5, 0.6) is 5.75 Å². The predicted octanol–water partition coefficient (Wildman–Crippen LogP) is 1.78. The summed E-state index contributed by atoms with van der Waals surface area (Å²) in [5.41, 5.74) is 2.23. The first-order valence-corrected chi connectivity index (χ1v) is 8.91. The Labute approximate surface area is 130 Å². The van der Waals surface area contributed by atoms with Gasteiger partial charge in [0.05, 0.1) is 23.9 Å². The maximum Gasteiger partial charge on any atom is 0.261 e. The molecule has 0 unspecified atom stereocenters. The SMILES string of the molecule is CCOc1ccc2c(c1)nc1n2CCCN1C.CS(=O)(=O)O. The molecule has 0 bridgehead atoms. The minimum absolute atomic E-state index is 0.693. The standard InChI is InChI=1S/C13H17N3O.CH4O3S/c1-3-17-10-5-6-12-11(9-10)14-13-15(2)7-4-8-16(12)13;1-5(2,3)4/h5-6,9H,3-4,7-8H2,1-2H3;1H3,(H,2,3,4). The molecule has 8 heteroatoms. The van der Waals surface area contributed by atoms with Gasteiger partial charge in [-0.15, -0.1) is 0 Å². The number of aryl methyl sites for hydroxylation is 1. The molecule has 0 saturated heterocycles. The Morgan fingerprint density at radius 1 is 1.36 bits per heavy atom. The Balaban J connectivity index is 0.000000309. The number of aromatic nitrogens is 2. The van der Waals surface area contributed by atoms with Gasteiger partial charge in [-0.2, -0.15) is 8.42 Å². The molecule has 1 aliphatic rings. The summed E-state index contributed by atoms with van der Waals surface area (Å²) in [7, 11) is -1.57. The van der Waals surface area contributed by atoms with Crippen LogP contribution in [-0.4, -0.2) is 49.0 Å². The summed E-state index contributed by atoms with van der Waals surface area (Å²) < 4.78 is 33.7. The second-order valence-corrected chi connectivity index (χ2v) is 6.62. The summed E-state index contributed by atoms with van der Waals surface area (Å²) >= 11 is 0. The van der Waals surface area contributed by atoms with Crippen molar-refractivity contribution in [3.63, 3.8) is 0 Å². The summed E-state index contributed by atoms with van der Waals surface area (Å²) in [4.78, 5) is 6.90. The lowest BCUT2D eigenvalue weighted by atomic mass is 10.3. The van der Waals surface area contributed by atoms with Crippen LogP contribution >= 0.6 is 0 Å². The molecule has 0 saturated carbocycles. The lowest BCUT2D eigenvalue weighted by Crippen LogP contribution is -2.28. The zero-order valence-electron chi connectivity index (χ0n) is 13.0. The molecule has 1 aromatic heterocycles. The summed E-state index contributed by atoms with van der Waals surface area (Å²) in [6.45, 7) is 4.83. The number of hydrogen-bond acceptors (Lipinski definition) is 5. The minimum Gasteiger partial charge on any atom is -0.494 e. The Bertz CT molecular complexity index is 747. The Morgan fingerprint density at radius 2 is 2.05 bits per heavy atom. The van der Waals surface area contributed by atoms with Crippen molar-refractivity contribution in [3.8, 4) is 5.75 Å². The van der Waals surface area contributed by atoms with Gasteiger partial charge in [0.15, 0.2) is 0 Å². The van der Waals surface area contributed by atoms with Crippen molar-refractivity contribution in [2.45, 2.75) is 19.9 Å². The molecule has 3 rings (SSSR count). The van der Waals surface area contributed by atoms with Crippen molar-refractivity contribution in [2.24, 2.45) is 0 Å². The van der Waals surface area contributed by atoms with Crippen molar-refractivity contribution in [3.05, 3.63) is 18.2 Å². The topological polar surface area (TPSA) is 84.7 Å². The third-order valence-electron chi connectivity index (χ3n) is 3.23. The van der Waals surface area contributed by atoms with Crippen molar-refractivity contribution in [1.82, 2.24) is 9.55 Å². The van der Waals surface area contributed by atoms with Crippen molar-refractivity contribution in [2.75, 3.05) is 31.4 Å². The molecule has 0 radical (unpaired) electrons. The highest BCUT2D eigenvalue weighted by Crippen LogP contribution is 2.28. The van der Waals surface area contributed by atoms with E-state index in [1.165, 1.54) is 11.9 Å². The molecule has 2 aromatic rings. The third kappa shape index (κ3) is 4.11. The largest absolute Gasteiger partial charge is 0.494 e. The number of fused-ring (bicyclic) bond motifs is 3. The number of benzene rings is 1. The van der Waals surface area contributed by atoms with E-state index in [0.29, 0.717) is 12.9 Å². The zero-order chi connectivity index (χ0) is 16.3. The van der Waals surface area contributed by atoms with E-state index >= 15 is 0 Å². The van der Waals surface area contributed by atoms with Crippen LogP contribution in [0, 0.1) is 0 Å². The van der Waals surface area contributed by atoms with E-state index in [9.17, 15) is 8.42 Å². The number of anilines is 1. The predicted molar refractivity (Wildman–Crippen MR) is 86.3 cm³/mol. The van der Waals surface area contributed by atoms with Gasteiger partial charge < -0.3 is 14.2 Å². The van der Waals surface area contributed by atoms with Gasteiger partial charge >= 0.3 is 0 Å². The van der Waals surface area contributed by atoms with E-state index in [1.54, 1.807) is 0 Å². The van der Waals surface area contributed by atoms with Crippen LogP contribution in [0.4, 0.5) is 5.95 Å². The lowest BCUT2D eigenvalue weighted by molar-refractivity contribution is 0.340. The summed E-state index contributed by atoms with van der Waals surface area (Å²) in [6, 6.07) is 6.16. The smallest absolute Gasteiger partial charge is 0.261 e. The maximum absolute atomic E-state index is 9.19.